The van der Waals surface area contributed by atoms with Crippen LogP contribution >= 0.6 is 12.4 Å². The summed E-state index contributed by atoms with van der Waals surface area (Å²) in [5.74, 6) is 0.00248. The third-order valence-electron chi connectivity index (χ3n) is 3.69. The predicted molar refractivity (Wildman–Crippen MR) is 88.8 cm³/mol. The van der Waals surface area contributed by atoms with E-state index in [2.05, 4.69) is 5.32 Å². The fraction of sp³-hybridized carbons (Fsp3) is 0.500. The van der Waals surface area contributed by atoms with Crippen molar-refractivity contribution in [3.05, 3.63) is 35.9 Å². The molecule has 1 aliphatic heterocycles. The van der Waals surface area contributed by atoms with Crippen molar-refractivity contribution < 1.29 is 9.59 Å². The second-order valence-electron chi connectivity index (χ2n) is 5.65. The summed E-state index contributed by atoms with van der Waals surface area (Å²) in [5, 5.41) is 2.89. The third kappa shape index (κ3) is 5.31. The van der Waals surface area contributed by atoms with Crippen molar-refractivity contribution in [2.24, 2.45) is 5.73 Å². The molecule has 1 saturated heterocycles. The first-order valence-electron chi connectivity index (χ1n) is 7.44. The van der Waals surface area contributed by atoms with Gasteiger partial charge in [0.1, 0.15) is 0 Å². The van der Waals surface area contributed by atoms with E-state index in [1.807, 2.05) is 37.3 Å². The first-order valence-corrected chi connectivity index (χ1v) is 7.44. The van der Waals surface area contributed by atoms with Crippen LogP contribution in [-0.4, -0.2) is 41.9 Å². The zero-order chi connectivity index (χ0) is 15.2. The smallest absolute Gasteiger partial charge is 0.237 e. The maximum atomic E-state index is 12.1. The van der Waals surface area contributed by atoms with Crippen LogP contribution in [-0.2, 0) is 16.0 Å². The molecule has 1 aliphatic rings. The molecule has 0 aromatic heterocycles. The van der Waals surface area contributed by atoms with Gasteiger partial charge >= 0.3 is 0 Å². The van der Waals surface area contributed by atoms with Crippen LogP contribution < -0.4 is 11.1 Å². The van der Waals surface area contributed by atoms with Crippen molar-refractivity contribution >= 4 is 24.2 Å². The molecule has 2 unspecified atom stereocenters. The lowest BCUT2D eigenvalue weighted by Crippen LogP contribution is -2.49. The molecule has 0 spiro atoms. The van der Waals surface area contributed by atoms with E-state index in [9.17, 15) is 9.59 Å². The number of likely N-dealkylation sites (tertiary alicyclic amines) is 1. The molecule has 2 rings (SSSR count). The van der Waals surface area contributed by atoms with Gasteiger partial charge in [-0.1, -0.05) is 30.3 Å². The molecule has 6 heteroatoms. The quantitative estimate of drug-likeness (QED) is 0.822. The number of nitrogens with two attached hydrogens (primary N) is 1. The molecule has 1 heterocycles. The molecule has 3 N–H and O–H groups in total. The minimum Gasteiger partial charge on any atom is -0.351 e. The maximum absolute atomic E-state index is 12.1. The van der Waals surface area contributed by atoms with Crippen molar-refractivity contribution in [3.63, 3.8) is 0 Å². The number of hydrogen-bond acceptors (Lipinski definition) is 3. The van der Waals surface area contributed by atoms with E-state index in [1.165, 1.54) is 0 Å². The lowest BCUT2D eigenvalue weighted by molar-refractivity contribution is -0.129. The Morgan fingerprint density at radius 2 is 2.05 bits per heavy atom. The van der Waals surface area contributed by atoms with E-state index in [-0.39, 0.29) is 30.3 Å². The number of carbonyl (C=O) groups excluding carboxylic acids is 2. The van der Waals surface area contributed by atoms with Crippen LogP contribution in [0.2, 0.25) is 0 Å². The molecule has 1 aromatic carbocycles. The van der Waals surface area contributed by atoms with Crippen LogP contribution in [0.5, 0.6) is 0 Å². The number of nitrogens with one attached hydrogen (secondary N) is 1. The standard InChI is InChI=1S/C16H23N3O2.ClH/c1-12(11-19-9-5-8-15(19)20)18-16(21)14(17)10-13-6-3-2-4-7-13;/h2-4,6-7,12,14H,5,8-11,17H2,1H3,(H,18,21);1H. The highest BCUT2D eigenvalue weighted by atomic mass is 35.5. The molecule has 122 valence electrons. The fourth-order valence-corrected chi connectivity index (χ4v) is 2.58. The average Bonchev–Trinajstić information content (AvgIpc) is 2.85. The summed E-state index contributed by atoms with van der Waals surface area (Å²) in [7, 11) is 0. The van der Waals surface area contributed by atoms with E-state index < -0.39 is 6.04 Å². The van der Waals surface area contributed by atoms with Crippen LogP contribution in [0.4, 0.5) is 0 Å². The summed E-state index contributed by atoms with van der Waals surface area (Å²) < 4.78 is 0. The Morgan fingerprint density at radius 1 is 1.36 bits per heavy atom. The average molecular weight is 326 g/mol. The van der Waals surface area contributed by atoms with Crippen molar-refractivity contribution in [3.8, 4) is 0 Å². The number of benzene rings is 1. The molecule has 0 saturated carbocycles. The van der Waals surface area contributed by atoms with Gasteiger partial charge in [-0.15, -0.1) is 12.4 Å². The summed E-state index contributed by atoms with van der Waals surface area (Å²) in [6, 6.07) is 9.07. The van der Waals surface area contributed by atoms with E-state index in [0.29, 0.717) is 19.4 Å². The zero-order valence-electron chi connectivity index (χ0n) is 12.8. The van der Waals surface area contributed by atoms with Gasteiger partial charge in [-0.05, 0) is 25.3 Å². The minimum atomic E-state index is -0.566. The van der Waals surface area contributed by atoms with Crippen molar-refractivity contribution in [1.82, 2.24) is 10.2 Å². The number of nitrogens with zero attached hydrogens (tertiary/aromatic N) is 1. The Bertz CT molecular complexity index is 495. The van der Waals surface area contributed by atoms with Gasteiger partial charge in [0.15, 0.2) is 0 Å². The first kappa shape index (κ1) is 18.5. The molecule has 2 atom stereocenters. The van der Waals surface area contributed by atoms with Crippen LogP contribution in [0.15, 0.2) is 30.3 Å². The molecule has 0 bridgehead atoms. The lowest BCUT2D eigenvalue weighted by Gasteiger charge is -2.23. The Kier molecular flexibility index (Phi) is 7.35. The fourth-order valence-electron chi connectivity index (χ4n) is 2.58. The molecule has 2 amide bonds. The molecule has 0 radical (unpaired) electrons. The molecule has 1 fully saturated rings. The van der Waals surface area contributed by atoms with E-state index >= 15 is 0 Å². The number of carbonyl (C=O) groups is 2. The van der Waals surface area contributed by atoms with Crippen molar-refractivity contribution in [2.45, 2.75) is 38.3 Å². The highest BCUT2D eigenvalue weighted by Gasteiger charge is 2.23. The second kappa shape index (κ2) is 8.76. The van der Waals surface area contributed by atoms with E-state index in [4.69, 9.17) is 5.73 Å². The largest absolute Gasteiger partial charge is 0.351 e. The van der Waals surface area contributed by atoms with Crippen molar-refractivity contribution in [1.29, 1.82) is 0 Å². The predicted octanol–water partition coefficient (Wildman–Crippen LogP) is 1.11. The Morgan fingerprint density at radius 3 is 2.64 bits per heavy atom. The Hall–Kier alpha value is -1.59. The molecule has 0 aliphatic carbocycles. The maximum Gasteiger partial charge on any atom is 0.237 e. The summed E-state index contributed by atoms with van der Waals surface area (Å²) in [6.45, 7) is 3.25. The molecule has 1 aromatic rings. The van der Waals surface area contributed by atoms with Gasteiger partial charge in [0.25, 0.3) is 0 Å². The monoisotopic (exact) mass is 325 g/mol. The van der Waals surface area contributed by atoms with Gasteiger partial charge in [0.05, 0.1) is 6.04 Å². The van der Waals surface area contributed by atoms with E-state index in [0.717, 1.165) is 18.5 Å². The topological polar surface area (TPSA) is 75.4 Å². The normalized spacial score (nSPS) is 16.8. The SMILES string of the molecule is CC(CN1CCCC1=O)NC(=O)C(N)Cc1ccccc1.Cl. The summed E-state index contributed by atoms with van der Waals surface area (Å²) in [4.78, 5) is 25.4. The van der Waals surface area contributed by atoms with E-state index in [1.54, 1.807) is 4.90 Å². The molecular weight excluding hydrogens is 302 g/mol. The second-order valence-corrected chi connectivity index (χ2v) is 5.65. The van der Waals surface area contributed by atoms with Crippen LogP contribution in [0.25, 0.3) is 0 Å². The lowest BCUT2D eigenvalue weighted by atomic mass is 10.1. The summed E-state index contributed by atoms with van der Waals surface area (Å²) >= 11 is 0. The zero-order valence-corrected chi connectivity index (χ0v) is 13.6. The first-order chi connectivity index (χ1) is 10.1. The van der Waals surface area contributed by atoms with Gasteiger partial charge in [-0.3, -0.25) is 9.59 Å². The molecule has 5 nitrogen and oxygen atoms in total. The Labute approximate surface area is 137 Å². The van der Waals surface area contributed by atoms with Crippen LogP contribution in [0.3, 0.4) is 0 Å². The summed E-state index contributed by atoms with van der Waals surface area (Å²) in [6.07, 6.45) is 2.04. The van der Waals surface area contributed by atoms with Gasteiger partial charge in [-0.2, -0.15) is 0 Å². The van der Waals surface area contributed by atoms with Gasteiger partial charge in [0.2, 0.25) is 11.8 Å². The summed E-state index contributed by atoms with van der Waals surface area (Å²) in [5.41, 5.74) is 6.98. The highest BCUT2D eigenvalue weighted by molar-refractivity contribution is 5.85. The Balaban J connectivity index is 0.00000242. The number of rotatable bonds is 6. The van der Waals surface area contributed by atoms with Gasteiger partial charge in [-0.25, -0.2) is 0 Å². The van der Waals surface area contributed by atoms with Crippen LogP contribution in [0, 0.1) is 0 Å². The van der Waals surface area contributed by atoms with Gasteiger partial charge in [0, 0.05) is 25.6 Å². The van der Waals surface area contributed by atoms with Gasteiger partial charge < -0.3 is 16.0 Å². The minimum absolute atomic E-state index is 0. The third-order valence-corrected chi connectivity index (χ3v) is 3.69. The van der Waals surface area contributed by atoms with Crippen molar-refractivity contribution in [2.75, 3.05) is 13.1 Å². The molecule has 22 heavy (non-hydrogen) atoms. The van der Waals surface area contributed by atoms with Crippen LogP contribution in [0.1, 0.15) is 25.3 Å². The number of amides is 2. The number of halogens is 1. The molecular formula is C16H24ClN3O2. The number of hydrogen-bond donors (Lipinski definition) is 2. The highest BCUT2D eigenvalue weighted by Crippen LogP contribution is 2.10.